The van der Waals surface area contributed by atoms with Crippen molar-refractivity contribution < 1.29 is 23.9 Å². The monoisotopic (exact) mass is 485 g/mol. The van der Waals surface area contributed by atoms with Crippen LogP contribution in [0.2, 0.25) is 0 Å². The van der Waals surface area contributed by atoms with E-state index in [1.807, 2.05) is 36.4 Å². The maximum Gasteiger partial charge on any atom is 0.308 e. The van der Waals surface area contributed by atoms with Crippen molar-refractivity contribution in [3.8, 4) is 5.75 Å². The largest absolute Gasteiger partial charge is 0.427 e. The Morgan fingerprint density at radius 1 is 0.944 bits per heavy atom. The van der Waals surface area contributed by atoms with E-state index in [0.717, 1.165) is 11.1 Å². The first-order valence-corrected chi connectivity index (χ1v) is 11.7. The first kappa shape index (κ1) is 24.7. The Bertz CT molecular complexity index is 1270. The summed E-state index contributed by atoms with van der Waals surface area (Å²) in [5.41, 5.74) is 2.78. The van der Waals surface area contributed by atoms with Crippen LogP contribution in [0.5, 0.6) is 5.75 Å². The van der Waals surface area contributed by atoms with Crippen molar-refractivity contribution in [2.75, 3.05) is 11.9 Å². The molecule has 0 aliphatic carbocycles. The van der Waals surface area contributed by atoms with Crippen LogP contribution in [0.25, 0.3) is 0 Å². The van der Waals surface area contributed by atoms with Gasteiger partial charge in [-0.1, -0.05) is 48.5 Å². The fourth-order valence-electron chi connectivity index (χ4n) is 4.06. The molecular weight excluding hydrogens is 458 g/mol. The van der Waals surface area contributed by atoms with Crippen molar-refractivity contribution in [2.45, 2.75) is 26.4 Å². The molecule has 3 aromatic carbocycles. The number of benzene rings is 3. The van der Waals surface area contributed by atoms with Gasteiger partial charge in [0.15, 0.2) is 0 Å². The Kier molecular flexibility index (Phi) is 7.75. The van der Waals surface area contributed by atoms with Crippen molar-refractivity contribution in [1.29, 1.82) is 0 Å². The third-order valence-corrected chi connectivity index (χ3v) is 5.81. The average Bonchev–Trinajstić information content (AvgIpc) is 3.23. The molecule has 0 spiro atoms. The van der Waals surface area contributed by atoms with Gasteiger partial charge < -0.3 is 20.3 Å². The Balaban J connectivity index is 1.31. The van der Waals surface area contributed by atoms with Gasteiger partial charge in [-0.3, -0.25) is 19.2 Å². The molecule has 1 saturated heterocycles. The van der Waals surface area contributed by atoms with Crippen LogP contribution in [0, 0.1) is 5.92 Å². The van der Waals surface area contributed by atoms with Crippen molar-refractivity contribution >= 4 is 29.4 Å². The molecule has 2 N–H and O–H groups in total. The van der Waals surface area contributed by atoms with Gasteiger partial charge in [-0.25, -0.2) is 0 Å². The second-order valence-electron chi connectivity index (χ2n) is 8.65. The Morgan fingerprint density at radius 3 is 2.47 bits per heavy atom. The Hall–Kier alpha value is -4.46. The highest BCUT2D eigenvalue weighted by Gasteiger charge is 2.34. The van der Waals surface area contributed by atoms with Crippen LogP contribution in [0.4, 0.5) is 5.69 Å². The zero-order valence-corrected chi connectivity index (χ0v) is 19.9. The van der Waals surface area contributed by atoms with Crippen LogP contribution >= 0.6 is 0 Å². The molecule has 1 fully saturated rings. The summed E-state index contributed by atoms with van der Waals surface area (Å²) in [6.45, 7) is 2.40. The molecule has 36 heavy (non-hydrogen) atoms. The molecule has 184 valence electrons. The molecule has 1 aliphatic heterocycles. The first-order chi connectivity index (χ1) is 17.4. The van der Waals surface area contributed by atoms with E-state index >= 15 is 0 Å². The van der Waals surface area contributed by atoms with Crippen molar-refractivity contribution in [3.05, 3.63) is 95.6 Å². The molecule has 1 aliphatic rings. The number of hydrogen-bond acceptors (Lipinski definition) is 5. The van der Waals surface area contributed by atoms with Gasteiger partial charge in [0.05, 0.1) is 5.92 Å². The van der Waals surface area contributed by atoms with Gasteiger partial charge in [0.2, 0.25) is 11.8 Å². The van der Waals surface area contributed by atoms with Gasteiger partial charge in [0.25, 0.3) is 5.91 Å². The quantitative estimate of drug-likeness (QED) is 0.375. The summed E-state index contributed by atoms with van der Waals surface area (Å²) in [5, 5.41) is 5.72. The second kappa shape index (κ2) is 11.3. The van der Waals surface area contributed by atoms with E-state index < -0.39 is 11.9 Å². The zero-order valence-electron chi connectivity index (χ0n) is 19.9. The molecule has 1 heterocycles. The lowest BCUT2D eigenvalue weighted by Gasteiger charge is -2.17. The minimum atomic E-state index is -0.461. The summed E-state index contributed by atoms with van der Waals surface area (Å²) in [4.78, 5) is 50.6. The third-order valence-electron chi connectivity index (χ3n) is 5.81. The van der Waals surface area contributed by atoms with Gasteiger partial charge in [-0.2, -0.15) is 0 Å². The number of nitrogens with one attached hydrogen (secondary N) is 2. The molecule has 0 bridgehead atoms. The van der Waals surface area contributed by atoms with E-state index in [4.69, 9.17) is 4.74 Å². The van der Waals surface area contributed by atoms with Gasteiger partial charge in [-0.15, -0.1) is 0 Å². The number of carbonyl (C=O) groups is 4. The standard InChI is InChI=1S/C28H27N3O5/c1-19(32)36-25-12-6-10-22(14-25)27(34)29-16-21-9-5-11-24(13-21)30-28(35)23-15-26(33)31(18-23)17-20-7-3-2-4-8-20/h2-14,23H,15-18H2,1H3,(H,29,34)(H,30,35). The maximum absolute atomic E-state index is 12.8. The van der Waals surface area contributed by atoms with E-state index in [-0.39, 0.29) is 30.7 Å². The van der Waals surface area contributed by atoms with E-state index in [9.17, 15) is 19.2 Å². The highest BCUT2D eigenvalue weighted by Crippen LogP contribution is 2.22. The predicted octanol–water partition coefficient (Wildman–Crippen LogP) is 3.53. The second-order valence-corrected chi connectivity index (χ2v) is 8.65. The number of likely N-dealkylation sites (tertiary alicyclic amines) is 1. The summed E-state index contributed by atoms with van der Waals surface area (Å²) in [7, 11) is 0. The summed E-state index contributed by atoms with van der Waals surface area (Å²) in [6, 6.07) is 23.2. The zero-order chi connectivity index (χ0) is 25.5. The molecular formula is C28H27N3O5. The number of nitrogens with zero attached hydrogens (tertiary/aromatic N) is 1. The topological polar surface area (TPSA) is 105 Å². The molecule has 0 aromatic heterocycles. The first-order valence-electron chi connectivity index (χ1n) is 11.7. The number of anilines is 1. The summed E-state index contributed by atoms with van der Waals surface area (Å²) >= 11 is 0. The highest BCUT2D eigenvalue weighted by atomic mass is 16.5. The molecule has 4 rings (SSSR count). The molecule has 0 radical (unpaired) electrons. The summed E-state index contributed by atoms with van der Waals surface area (Å²) < 4.78 is 5.02. The molecule has 8 nitrogen and oxygen atoms in total. The summed E-state index contributed by atoms with van der Waals surface area (Å²) in [6.07, 6.45) is 0.181. The lowest BCUT2D eigenvalue weighted by molar-refractivity contribution is -0.132. The lowest BCUT2D eigenvalue weighted by Crippen LogP contribution is -2.28. The van der Waals surface area contributed by atoms with E-state index in [1.165, 1.54) is 13.0 Å². The number of esters is 1. The predicted molar refractivity (Wildman–Crippen MR) is 134 cm³/mol. The fraction of sp³-hybridized carbons (Fsp3) is 0.214. The van der Waals surface area contributed by atoms with Crippen molar-refractivity contribution in [2.24, 2.45) is 5.92 Å². The minimum Gasteiger partial charge on any atom is -0.427 e. The van der Waals surface area contributed by atoms with Gasteiger partial charge in [0.1, 0.15) is 5.75 Å². The van der Waals surface area contributed by atoms with Crippen LogP contribution < -0.4 is 15.4 Å². The Labute approximate surface area is 209 Å². The van der Waals surface area contributed by atoms with E-state index in [2.05, 4.69) is 10.6 Å². The van der Waals surface area contributed by atoms with Crippen LogP contribution in [0.15, 0.2) is 78.9 Å². The number of carbonyl (C=O) groups excluding carboxylic acids is 4. The van der Waals surface area contributed by atoms with Crippen LogP contribution in [-0.2, 0) is 27.5 Å². The van der Waals surface area contributed by atoms with Crippen molar-refractivity contribution in [1.82, 2.24) is 10.2 Å². The van der Waals surface area contributed by atoms with Gasteiger partial charge in [-0.05, 0) is 41.5 Å². The number of amides is 3. The van der Waals surface area contributed by atoms with Gasteiger partial charge >= 0.3 is 5.97 Å². The molecule has 8 heteroatoms. The molecule has 3 aromatic rings. The smallest absolute Gasteiger partial charge is 0.308 e. The SMILES string of the molecule is CC(=O)Oc1cccc(C(=O)NCc2cccc(NC(=O)C3CC(=O)N(Cc4ccccc4)C3)c2)c1. The van der Waals surface area contributed by atoms with Crippen LogP contribution in [-0.4, -0.2) is 35.1 Å². The molecule has 1 atom stereocenters. The number of rotatable bonds is 8. The van der Waals surface area contributed by atoms with Crippen molar-refractivity contribution in [3.63, 3.8) is 0 Å². The van der Waals surface area contributed by atoms with E-state index in [1.54, 1.807) is 41.3 Å². The van der Waals surface area contributed by atoms with Crippen LogP contribution in [0.1, 0.15) is 34.8 Å². The third kappa shape index (κ3) is 6.56. The lowest BCUT2D eigenvalue weighted by atomic mass is 10.1. The van der Waals surface area contributed by atoms with Crippen LogP contribution in [0.3, 0.4) is 0 Å². The molecule has 0 saturated carbocycles. The number of hydrogen-bond donors (Lipinski definition) is 2. The normalized spacial score (nSPS) is 14.9. The van der Waals surface area contributed by atoms with E-state index in [0.29, 0.717) is 30.1 Å². The minimum absolute atomic E-state index is 0.0340. The van der Waals surface area contributed by atoms with Gasteiger partial charge in [0, 0.05) is 44.2 Å². The maximum atomic E-state index is 12.8. The molecule has 1 unspecified atom stereocenters. The molecule has 3 amide bonds. The Morgan fingerprint density at radius 2 is 1.69 bits per heavy atom. The fourth-order valence-corrected chi connectivity index (χ4v) is 4.06. The summed E-state index contributed by atoms with van der Waals surface area (Å²) in [5.74, 6) is -1.14. The number of ether oxygens (including phenoxy) is 1. The highest BCUT2D eigenvalue weighted by molar-refractivity contribution is 5.97. The average molecular weight is 486 g/mol.